The molecule has 1 aliphatic rings. The summed E-state index contributed by atoms with van der Waals surface area (Å²) in [4.78, 5) is 11.4. The Morgan fingerprint density at radius 1 is 1.29 bits per heavy atom. The van der Waals surface area contributed by atoms with Crippen molar-refractivity contribution in [1.29, 1.82) is 0 Å². The van der Waals surface area contributed by atoms with Crippen molar-refractivity contribution in [1.82, 2.24) is 15.3 Å². The monoisotopic (exact) mass is 234 g/mol. The maximum absolute atomic E-state index is 4.55. The molecular formula is C13H22N4. The number of piperazine rings is 1. The Hall–Kier alpha value is -1.16. The molecule has 0 aliphatic carbocycles. The van der Waals surface area contributed by atoms with Gasteiger partial charge in [-0.3, -0.25) is 0 Å². The largest absolute Gasteiger partial charge is 0.354 e. The maximum atomic E-state index is 4.55. The lowest BCUT2D eigenvalue weighted by molar-refractivity contribution is 0.581. The van der Waals surface area contributed by atoms with E-state index in [-0.39, 0.29) is 0 Å². The van der Waals surface area contributed by atoms with Crippen LogP contribution in [0.25, 0.3) is 0 Å². The van der Waals surface area contributed by atoms with Crippen molar-refractivity contribution in [3.8, 4) is 0 Å². The predicted molar refractivity (Wildman–Crippen MR) is 70.4 cm³/mol. The van der Waals surface area contributed by atoms with Gasteiger partial charge >= 0.3 is 0 Å². The Balaban J connectivity index is 2.18. The summed E-state index contributed by atoms with van der Waals surface area (Å²) in [5, 5.41) is 3.36. The van der Waals surface area contributed by atoms with E-state index < -0.39 is 0 Å². The minimum absolute atomic E-state index is 0.639. The second kappa shape index (κ2) is 5.45. The molecule has 0 spiro atoms. The lowest BCUT2D eigenvalue weighted by atomic mass is 10.1. The van der Waals surface area contributed by atoms with Gasteiger partial charge in [0.1, 0.15) is 11.6 Å². The molecule has 1 aliphatic heterocycles. The molecule has 0 bridgehead atoms. The van der Waals surface area contributed by atoms with E-state index in [9.17, 15) is 0 Å². The van der Waals surface area contributed by atoms with Gasteiger partial charge in [0.25, 0.3) is 0 Å². The molecule has 2 heterocycles. The molecule has 4 heteroatoms. The molecule has 17 heavy (non-hydrogen) atoms. The van der Waals surface area contributed by atoms with E-state index in [0.29, 0.717) is 5.92 Å². The molecule has 0 saturated carbocycles. The number of hydrogen-bond acceptors (Lipinski definition) is 4. The van der Waals surface area contributed by atoms with Crippen LogP contribution in [-0.2, 0) is 6.42 Å². The normalized spacial score (nSPS) is 16.6. The standard InChI is InChI=1S/C13H22N4/c1-10(2)8-12-9-13(16-11(3)15-12)17-6-4-14-5-7-17/h9-10,14H,4-8H2,1-3H3. The van der Waals surface area contributed by atoms with Gasteiger partial charge in [-0.15, -0.1) is 0 Å². The average Bonchev–Trinajstić information content (AvgIpc) is 2.28. The third-order valence-electron chi connectivity index (χ3n) is 2.94. The highest BCUT2D eigenvalue weighted by molar-refractivity contribution is 5.40. The first-order chi connectivity index (χ1) is 8.15. The Morgan fingerprint density at radius 2 is 2.00 bits per heavy atom. The van der Waals surface area contributed by atoms with Gasteiger partial charge in [-0.1, -0.05) is 13.8 Å². The van der Waals surface area contributed by atoms with E-state index in [1.807, 2.05) is 6.92 Å². The number of hydrogen-bond donors (Lipinski definition) is 1. The van der Waals surface area contributed by atoms with Gasteiger partial charge in [-0.25, -0.2) is 9.97 Å². The van der Waals surface area contributed by atoms with Crippen molar-refractivity contribution in [3.63, 3.8) is 0 Å². The van der Waals surface area contributed by atoms with Gasteiger partial charge in [-0.2, -0.15) is 0 Å². The van der Waals surface area contributed by atoms with Crippen molar-refractivity contribution in [3.05, 3.63) is 17.6 Å². The lowest BCUT2D eigenvalue weighted by Gasteiger charge is -2.28. The van der Waals surface area contributed by atoms with E-state index in [1.165, 1.54) is 5.69 Å². The highest BCUT2D eigenvalue weighted by Crippen LogP contribution is 2.15. The Labute approximate surface area is 103 Å². The fourth-order valence-corrected chi connectivity index (χ4v) is 2.19. The Bertz CT molecular complexity index is 370. The molecule has 1 fully saturated rings. The first-order valence-corrected chi connectivity index (χ1v) is 6.45. The lowest BCUT2D eigenvalue weighted by Crippen LogP contribution is -2.44. The van der Waals surface area contributed by atoms with Crippen molar-refractivity contribution in [2.24, 2.45) is 5.92 Å². The molecule has 94 valence electrons. The van der Waals surface area contributed by atoms with E-state index in [1.54, 1.807) is 0 Å². The van der Waals surface area contributed by atoms with Crippen LogP contribution < -0.4 is 10.2 Å². The first-order valence-electron chi connectivity index (χ1n) is 6.45. The number of rotatable bonds is 3. The van der Waals surface area contributed by atoms with Crippen LogP contribution in [0.5, 0.6) is 0 Å². The second-order valence-corrected chi connectivity index (χ2v) is 5.10. The number of anilines is 1. The molecule has 0 atom stereocenters. The fourth-order valence-electron chi connectivity index (χ4n) is 2.19. The number of aryl methyl sites for hydroxylation is 1. The molecule has 4 nitrogen and oxygen atoms in total. The molecular weight excluding hydrogens is 212 g/mol. The zero-order valence-electron chi connectivity index (χ0n) is 11.0. The summed E-state index contributed by atoms with van der Waals surface area (Å²) in [6, 6.07) is 2.15. The van der Waals surface area contributed by atoms with Gasteiger partial charge < -0.3 is 10.2 Å². The predicted octanol–water partition coefficient (Wildman–Crippen LogP) is 1.39. The maximum Gasteiger partial charge on any atom is 0.132 e. The summed E-state index contributed by atoms with van der Waals surface area (Å²) in [6.07, 6.45) is 1.03. The van der Waals surface area contributed by atoms with Gasteiger partial charge in [0.2, 0.25) is 0 Å². The summed E-state index contributed by atoms with van der Waals surface area (Å²) in [5.41, 5.74) is 1.17. The van der Waals surface area contributed by atoms with Crippen LogP contribution in [0.4, 0.5) is 5.82 Å². The van der Waals surface area contributed by atoms with Gasteiger partial charge in [0, 0.05) is 37.9 Å². The van der Waals surface area contributed by atoms with Crippen LogP contribution >= 0.6 is 0 Å². The van der Waals surface area contributed by atoms with E-state index in [4.69, 9.17) is 0 Å². The van der Waals surface area contributed by atoms with Crippen molar-refractivity contribution < 1.29 is 0 Å². The topological polar surface area (TPSA) is 41.1 Å². The average molecular weight is 234 g/mol. The molecule has 0 aromatic carbocycles. The summed E-state index contributed by atoms with van der Waals surface area (Å²) in [5.74, 6) is 2.62. The van der Waals surface area contributed by atoms with Crippen molar-refractivity contribution >= 4 is 5.82 Å². The van der Waals surface area contributed by atoms with Gasteiger partial charge in [-0.05, 0) is 19.3 Å². The van der Waals surface area contributed by atoms with Crippen molar-refractivity contribution in [2.45, 2.75) is 27.2 Å². The zero-order valence-corrected chi connectivity index (χ0v) is 11.0. The van der Waals surface area contributed by atoms with Crippen LogP contribution in [0, 0.1) is 12.8 Å². The molecule has 1 saturated heterocycles. The van der Waals surface area contributed by atoms with E-state index in [2.05, 4.69) is 40.1 Å². The highest BCUT2D eigenvalue weighted by atomic mass is 15.2. The molecule has 0 unspecified atom stereocenters. The highest BCUT2D eigenvalue weighted by Gasteiger charge is 2.13. The van der Waals surface area contributed by atoms with Crippen LogP contribution in [0.3, 0.4) is 0 Å². The quantitative estimate of drug-likeness (QED) is 0.858. The minimum Gasteiger partial charge on any atom is -0.354 e. The summed E-state index contributed by atoms with van der Waals surface area (Å²) in [6.45, 7) is 10.6. The minimum atomic E-state index is 0.639. The van der Waals surface area contributed by atoms with E-state index in [0.717, 1.165) is 44.2 Å². The second-order valence-electron chi connectivity index (χ2n) is 5.10. The molecule has 2 rings (SSSR count). The third-order valence-corrected chi connectivity index (χ3v) is 2.94. The van der Waals surface area contributed by atoms with Gasteiger partial charge in [0.15, 0.2) is 0 Å². The van der Waals surface area contributed by atoms with Crippen LogP contribution in [0.2, 0.25) is 0 Å². The zero-order chi connectivity index (χ0) is 12.3. The van der Waals surface area contributed by atoms with E-state index >= 15 is 0 Å². The third kappa shape index (κ3) is 3.40. The van der Waals surface area contributed by atoms with Crippen LogP contribution in [-0.4, -0.2) is 36.1 Å². The Kier molecular flexibility index (Phi) is 3.94. The molecule has 1 aromatic heterocycles. The molecule has 0 amide bonds. The van der Waals surface area contributed by atoms with Crippen LogP contribution in [0.15, 0.2) is 6.07 Å². The molecule has 1 N–H and O–H groups in total. The Morgan fingerprint density at radius 3 is 2.65 bits per heavy atom. The SMILES string of the molecule is Cc1nc(CC(C)C)cc(N2CCNCC2)n1. The van der Waals surface area contributed by atoms with Gasteiger partial charge in [0.05, 0.1) is 0 Å². The summed E-state index contributed by atoms with van der Waals surface area (Å²) >= 11 is 0. The van der Waals surface area contributed by atoms with Crippen LogP contribution in [0.1, 0.15) is 25.4 Å². The smallest absolute Gasteiger partial charge is 0.132 e. The number of nitrogens with zero attached hydrogens (tertiary/aromatic N) is 3. The first kappa shape index (κ1) is 12.3. The summed E-state index contributed by atoms with van der Waals surface area (Å²) < 4.78 is 0. The molecule has 1 aromatic rings. The fraction of sp³-hybridized carbons (Fsp3) is 0.692. The van der Waals surface area contributed by atoms with Crippen molar-refractivity contribution in [2.75, 3.05) is 31.1 Å². The number of nitrogens with one attached hydrogen (secondary N) is 1. The number of aromatic nitrogens is 2. The summed E-state index contributed by atoms with van der Waals surface area (Å²) in [7, 11) is 0. The molecule has 0 radical (unpaired) electrons.